The van der Waals surface area contributed by atoms with Gasteiger partial charge in [-0.05, 0) is 45.7 Å². The summed E-state index contributed by atoms with van der Waals surface area (Å²) in [6.07, 6.45) is 5.66. The van der Waals surface area contributed by atoms with Crippen molar-refractivity contribution in [1.29, 1.82) is 0 Å². The molecule has 5 heterocycles. The zero-order chi connectivity index (χ0) is 26.0. The van der Waals surface area contributed by atoms with Crippen LogP contribution < -0.4 is 15.5 Å². The van der Waals surface area contributed by atoms with Crippen LogP contribution in [0.1, 0.15) is 36.8 Å². The zero-order valence-electron chi connectivity index (χ0n) is 21.0. The molecule has 0 saturated carbocycles. The quantitative estimate of drug-likeness (QED) is 0.350. The van der Waals surface area contributed by atoms with Crippen LogP contribution in [-0.2, 0) is 11.2 Å². The van der Waals surface area contributed by atoms with Crippen molar-refractivity contribution >= 4 is 23.5 Å². The van der Waals surface area contributed by atoms with Gasteiger partial charge in [0.15, 0.2) is 11.6 Å². The summed E-state index contributed by atoms with van der Waals surface area (Å²) in [4.78, 5) is 28.6. The fraction of sp³-hybridized carbons (Fsp3) is 0.360. The van der Waals surface area contributed by atoms with Crippen LogP contribution in [0.15, 0.2) is 42.9 Å². The molecule has 192 valence electrons. The number of hydrogen-bond donors (Lipinski definition) is 3. The van der Waals surface area contributed by atoms with Gasteiger partial charge in [-0.2, -0.15) is 15.2 Å². The van der Waals surface area contributed by atoms with Gasteiger partial charge < -0.3 is 15.5 Å². The molecular formula is C25H29FN10O. The van der Waals surface area contributed by atoms with Crippen LogP contribution in [0.25, 0.3) is 5.69 Å². The molecule has 1 aliphatic heterocycles. The van der Waals surface area contributed by atoms with Crippen molar-refractivity contribution in [3.05, 3.63) is 65.8 Å². The van der Waals surface area contributed by atoms with Crippen LogP contribution in [-0.4, -0.2) is 59.5 Å². The fourth-order valence-electron chi connectivity index (χ4n) is 4.34. The molecule has 37 heavy (non-hydrogen) atoms. The third-order valence-electron chi connectivity index (χ3n) is 6.36. The molecule has 0 radical (unpaired) electrons. The van der Waals surface area contributed by atoms with E-state index in [0.717, 1.165) is 30.4 Å². The van der Waals surface area contributed by atoms with Crippen LogP contribution in [0, 0.1) is 19.7 Å². The molecule has 0 atom stereocenters. The van der Waals surface area contributed by atoms with Crippen molar-refractivity contribution in [1.82, 2.24) is 40.2 Å². The van der Waals surface area contributed by atoms with E-state index in [0.29, 0.717) is 42.1 Å². The molecule has 12 heteroatoms. The lowest BCUT2D eigenvalue weighted by atomic mass is 9.89. The number of anilines is 3. The van der Waals surface area contributed by atoms with Gasteiger partial charge in [0.25, 0.3) is 0 Å². The summed E-state index contributed by atoms with van der Waals surface area (Å²) < 4.78 is 14.6. The lowest BCUT2D eigenvalue weighted by molar-refractivity contribution is -0.122. The van der Waals surface area contributed by atoms with Gasteiger partial charge in [0.2, 0.25) is 11.9 Å². The number of carbonyl (C=O) groups excluding carboxylic acids is 1. The number of hydrogen-bond acceptors (Lipinski definition) is 8. The normalized spacial score (nSPS) is 15.0. The number of carbonyl (C=O) groups is 1. The highest BCUT2D eigenvalue weighted by Gasteiger charge is 2.32. The minimum Gasteiger partial charge on any atom is -0.350 e. The summed E-state index contributed by atoms with van der Waals surface area (Å²) in [5.41, 5.74) is 2.75. The van der Waals surface area contributed by atoms with E-state index < -0.39 is 5.82 Å². The first-order valence-corrected chi connectivity index (χ1v) is 12.1. The number of aromatic nitrogens is 7. The lowest BCUT2D eigenvalue weighted by Crippen LogP contribution is -2.54. The number of nitrogens with zero attached hydrogens (tertiary/aromatic N) is 7. The van der Waals surface area contributed by atoms with Crippen LogP contribution in [0.2, 0.25) is 0 Å². The van der Waals surface area contributed by atoms with Crippen molar-refractivity contribution in [2.24, 2.45) is 0 Å². The highest BCUT2D eigenvalue weighted by molar-refractivity contribution is 5.79. The third kappa shape index (κ3) is 5.90. The van der Waals surface area contributed by atoms with E-state index in [4.69, 9.17) is 0 Å². The Morgan fingerprint density at radius 3 is 2.59 bits per heavy atom. The molecule has 1 aliphatic rings. The predicted molar refractivity (Wildman–Crippen MR) is 136 cm³/mol. The lowest BCUT2D eigenvalue weighted by Gasteiger charge is -2.40. The first-order chi connectivity index (χ1) is 17.7. The van der Waals surface area contributed by atoms with Crippen LogP contribution >= 0.6 is 0 Å². The monoisotopic (exact) mass is 504 g/mol. The highest BCUT2D eigenvalue weighted by atomic mass is 19.1. The number of aryl methyl sites for hydroxylation is 2. The molecule has 0 aliphatic carbocycles. The van der Waals surface area contributed by atoms with E-state index in [1.54, 1.807) is 18.3 Å². The van der Waals surface area contributed by atoms with Gasteiger partial charge in [0.1, 0.15) is 5.82 Å². The fourth-order valence-corrected chi connectivity index (χ4v) is 4.34. The maximum atomic E-state index is 13.2. The molecular weight excluding hydrogens is 475 g/mol. The molecule has 0 bridgehead atoms. The van der Waals surface area contributed by atoms with Crippen molar-refractivity contribution in [3.8, 4) is 5.69 Å². The van der Waals surface area contributed by atoms with Gasteiger partial charge in [0, 0.05) is 47.8 Å². The van der Waals surface area contributed by atoms with Gasteiger partial charge >= 0.3 is 0 Å². The summed E-state index contributed by atoms with van der Waals surface area (Å²) in [6, 6.07) is 7.32. The molecule has 3 N–H and O–H groups in total. The van der Waals surface area contributed by atoms with Crippen molar-refractivity contribution < 1.29 is 9.18 Å². The molecule has 1 amide bonds. The van der Waals surface area contributed by atoms with Gasteiger partial charge in [0.05, 0.1) is 30.7 Å². The van der Waals surface area contributed by atoms with Crippen molar-refractivity contribution in [3.63, 3.8) is 0 Å². The molecule has 5 rings (SSSR count). The van der Waals surface area contributed by atoms with E-state index in [2.05, 4.69) is 52.7 Å². The summed E-state index contributed by atoms with van der Waals surface area (Å²) in [5, 5.41) is 17.4. The van der Waals surface area contributed by atoms with E-state index in [1.807, 2.05) is 26.0 Å². The Kier molecular flexibility index (Phi) is 6.55. The maximum absolute atomic E-state index is 13.2. The first kappa shape index (κ1) is 24.3. The molecule has 0 aromatic carbocycles. The number of H-pyrrole nitrogens is 1. The molecule has 1 saturated heterocycles. The largest absolute Gasteiger partial charge is 0.350 e. The zero-order valence-corrected chi connectivity index (χ0v) is 21.0. The minimum atomic E-state index is -0.419. The Balaban J connectivity index is 1.16. The average molecular weight is 505 g/mol. The van der Waals surface area contributed by atoms with Crippen LogP contribution in [0.4, 0.5) is 22.0 Å². The van der Waals surface area contributed by atoms with E-state index >= 15 is 0 Å². The SMILES string of the molecule is Cc1cc(Nc2cc(C)[nH]n2)nc(N2CCC(C)(NC(=O)Cc3ccc(-n4cc(F)cn4)cn3)CC2)n1. The smallest absolute Gasteiger partial charge is 0.227 e. The molecule has 11 nitrogen and oxygen atoms in total. The number of pyridine rings is 1. The van der Waals surface area contributed by atoms with Crippen molar-refractivity contribution in [2.75, 3.05) is 23.3 Å². The van der Waals surface area contributed by atoms with Gasteiger partial charge in [-0.15, -0.1) is 0 Å². The molecule has 0 spiro atoms. The van der Waals surface area contributed by atoms with Gasteiger partial charge in [-0.1, -0.05) is 0 Å². The molecule has 4 aromatic heterocycles. The summed E-state index contributed by atoms with van der Waals surface area (Å²) in [7, 11) is 0. The topological polar surface area (TPSA) is 130 Å². The number of aromatic amines is 1. The van der Waals surface area contributed by atoms with Crippen molar-refractivity contribution in [2.45, 2.75) is 45.6 Å². The highest BCUT2D eigenvalue weighted by Crippen LogP contribution is 2.26. The number of nitrogens with one attached hydrogen (secondary N) is 3. The van der Waals surface area contributed by atoms with Gasteiger partial charge in [-0.25, -0.2) is 14.1 Å². The Bertz CT molecular complexity index is 1390. The summed E-state index contributed by atoms with van der Waals surface area (Å²) in [5.74, 6) is 1.54. The maximum Gasteiger partial charge on any atom is 0.227 e. The first-order valence-electron chi connectivity index (χ1n) is 12.1. The number of amides is 1. The Morgan fingerprint density at radius 2 is 1.95 bits per heavy atom. The second-order valence-electron chi connectivity index (χ2n) is 9.64. The molecule has 1 fully saturated rings. The minimum absolute atomic E-state index is 0.0890. The van der Waals surface area contributed by atoms with E-state index in [9.17, 15) is 9.18 Å². The van der Waals surface area contributed by atoms with Crippen LogP contribution in [0.3, 0.4) is 0 Å². The second kappa shape index (κ2) is 9.96. The summed E-state index contributed by atoms with van der Waals surface area (Å²) in [6.45, 7) is 7.38. The Morgan fingerprint density at radius 1 is 1.14 bits per heavy atom. The van der Waals surface area contributed by atoms with E-state index in [-0.39, 0.29) is 17.9 Å². The number of piperidine rings is 1. The average Bonchev–Trinajstić information content (AvgIpc) is 3.47. The van der Waals surface area contributed by atoms with Crippen LogP contribution in [0.5, 0.6) is 0 Å². The molecule has 0 unspecified atom stereocenters. The summed E-state index contributed by atoms with van der Waals surface area (Å²) >= 11 is 0. The second-order valence-corrected chi connectivity index (χ2v) is 9.64. The number of halogens is 1. The number of rotatable bonds is 7. The predicted octanol–water partition coefficient (Wildman–Crippen LogP) is 3.00. The standard InChI is InChI=1S/C25H29FN10O/c1-16-10-21(30-22-11-17(2)33-34-22)31-24(29-16)35-8-6-25(3,7-9-35)32-23(37)12-19-4-5-20(14-27-19)36-15-18(26)13-28-36/h4-5,10-11,13-15H,6-9,12H2,1-3H3,(H,32,37)(H2,29,30,31,33,34). The van der Waals surface area contributed by atoms with Gasteiger partial charge in [-0.3, -0.25) is 14.9 Å². The Hall–Kier alpha value is -4.35. The third-order valence-corrected chi connectivity index (χ3v) is 6.36. The molecule has 4 aromatic rings. The Labute approximate surface area is 213 Å². The van der Waals surface area contributed by atoms with E-state index in [1.165, 1.54) is 10.9 Å².